The lowest BCUT2D eigenvalue weighted by atomic mass is 9.75. The van der Waals surface area contributed by atoms with E-state index in [1.54, 1.807) is 11.9 Å². The van der Waals surface area contributed by atoms with E-state index in [0.717, 1.165) is 37.8 Å². The number of nitrogens with two attached hydrogens (primary N) is 1. The van der Waals surface area contributed by atoms with E-state index in [1.165, 1.54) is 0 Å². The maximum Gasteiger partial charge on any atom is 0.256 e. The van der Waals surface area contributed by atoms with Crippen LogP contribution in [0.5, 0.6) is 0 Å². The number of nitrogen functional groups attached to an aromatic ring is 1. The van der Waals surface area contributed by atoms with E-state index in [4.69, 9.17) is 5.73 Å². The largest absolute Gasteiger partial charge is 0.398 e. The Morgan fingerprint density at radius 3 is 2.33 bits per heavy atom. The second-order valence-electron chi connectivity index (χ2n) is 6.67. The Bertz CT molecular complexity index is 547. The summed E-state index contributed by atoms with van der Waals surface area (Å²) in [5, 5.41) is 0. The molecule has 1 aliphatic rings. The third kappa shape index (κ3) is 3.34. The fourth-order valence-electron chi connectivity index (χ4n) is 2.87. The van der Waals surface area contributed by atoms with Crippen molar-refractivity contribution in [1.82, 2.24) is 4.90 Å². The van der Waals surface area contributed by atoms with E-state index in [0.29, 0.717) is 5.41 Å². The molecule has 5 heteroatoms. The highest BCUT2D eigenvalue weighted by Crippen LogP contribution is 2.37. The van der Waals surface area contributed by atoms with E-state index < -0.39 is 11.6 Å². The quantitative estimate of drug-likeness (QED) is 0.848. The van der Waals surface area contributed by atoms with Crippen molar-refractivity contribution in [3.63, 3.8) is 0 Å². The fourth-order valence-corrected chi connectivity index (χ4v) is 2.87. The van der Waals surface area contributed by atoms with Crippen LogP contribution in [0.2, 0.25) is 0 Å². The van der Waals surface area contributed by atoms with E-state index in [-0.39, 0.29) is 23.2 Å². The molecule has 1 fully saturated rings. The monoisotopic (exact) mass is 296 g/mol. The predicted molar refractivity (Wildman–Crippen MR) is 78.9 cm³/mol. The third-order valence-corrected chi connectivity index (χ3v) is 4.50. The van der Waals surface area contributed by atoms with Crippen LogP contribution in [0.25, 0.3) is 0 Å². The lowest BCUT2D eigenvalue weighted by Gasteiger charge is -2.38. The Hall–Kier alpha value is -1.65. The van der Waals surface area contributed by atoms with Crippen LogP contribution in [0.4, 0.5) is 14.5 Å². The van der Waals surface area contributed by atoms with Gasteiger partial charge in [0.15, 0.2) is 11.6 Å². The van der Waals surface area contributed by atoms with Gasteiger partial charge in [-0.25, -0.2) is 8.78 Å². The number of carbonyl (C=O) groups excluding carboxylic acids is 1. The molecule has 1 aromatic rings. The second kappa shape index (κ2) is 5.62. The molecule has 0 unspecified atom stereocenters. The number of halogens is 2. The van der Waals surface area contributed by atoms with Crippen molar-refractivity contribution in [1.29, 1.82) is 0 Å². The van der Waals surface area contributed by atoms with Gasteiger partial charge in [0.1, 0.15) is 0 Å². The molecule has 0 radical (unpaired) electrons. The van der Waals surface area contributed by atoms with Gasteiger partial charge in [0.2, 0.25) is 0 Å². The first-order valence-corrected chi connectivity index (χ1v) is 7.23. The number of nitrogens with zero attached hydrogens (tertiary/aromatic N) is 1. The topological polar surface area (TPSA) is 46.3 Å². The van der Waals surface area contributed by atoms with Crippen LogP contribution in [-0.4, -0.2) is 23.9 Å². The van der Waals surface area contributed by atoms with Crippen molar-refractivity contribution in [2.75, 3.05) is 12.8 Å². The highest BCUT2D eigenvalue weighted by molar-refractivity contribution is 5.99. The van der Waals surface area contributed by atoms with Crippen molar-refractivity contribution in [3.05, 3.63) is 29.3 Å². The molecule has 0 heterocycles. The molecule has 0 atom stereocenters. The van der Waals surface area contributed by atoms with Crippen LogP contribution < -0.4 is 5.73 Å². The summed E-state index contributed by atoms with van der Waals surface area (Å²) >= 11 is 0. The first kappa shape index (κ1) is 15.7. The molecular formula is C16H22F2N2O. The molecule has 0 spiro atoms. The Morgan fingerprint density at radius 2 is 1.76 bits per heavy atom. The van der Waals surface area contributed by atoms with Crippen LogP contribution in [0.1, 0.15) is 49.9 Å². The maximum atomic E-state index is 13.3. The van der Waals surface area contributed by atoms with Crippen LogP contribution in [0.15, 0.2) is 12.1 Å². The smallest absolute Gasteiger partial charge is 0.256 e. The molecule has 21 heavy (non-hydrogen) atoms. The summed E-state index contributed by atoms with van der Waals surface area (Å²) in [6, 6.07) is 1.87. The molecule has 0 bridgehead atoms. The lowest BCUT2D eigenvalue weighted by molar-refractivity contribution is 0.0636. The van der Waals surface area contributed by atoms with Gasteiger partial charge in [-0.1, -0.05) is 13.8 Å². The third-order valence-electron chi connectivity index (χ3n) is 4.50. The minimum Gasteiger partial charge on any atom is -0.398 e. The highest BCUT2D eigenvalue weighted by atomic mass is 19.2. The number of rotatable bonds is 2. The first-order valence-electron chi connectivity index (χ1n) is 7.23. The molecule has 0 aromatic heterocycles. The van der Waals surface area contributed by atoms with Crippen LogP contribution >= 0.6 is 0 Å². The molecule has 0 saturated heterocycles. The summed E-state index contributed by atoms with van der Waals surface area (Å²) in [7, 11) is 1.70. The number of amides is 1. The van der Waals surface area contributed by atoms with E-state index in [1.807, 2.05) is 0 Å². The van der Waals surface area contributed by atoms with Gasteiger partial charge in [0.25, 0.3) is 5.91 Å². The Balaban J connectivity index is 2.15. The lowest BCUT2D eigenvalue weighted by Crippen LogP contribution is -2.41. The highest BCUT2D eigenvalue weighted by Gasteiger charge is 2.31. The molecular weight excluding hydrogens is 274 g/mol. The van der Waals surface area contributed by atoms with Gasteiger partial charge >= 0.3 is 0 Å². The molecule has 1 aliphatic carbocycles. The molecule has 1 amide bonds. The van der Waals surface area contributed by atoms with E-state index in [2.05, 4.69) is 13.8 Å². The van der Waals surface area contributed by atoms with Crippen molar-refractivity contribution in [2.24, 2.45) is 5.41 Å². The minimum atomic E-state index is -1.05. The molecule has 0 aliphatic heterocycles. The predicted octanol–water partition coefficient (Wildman–Crippen LogP) is 3.59. The zero-order chi connectivity index (χ0) is 15.8. The van der Waals surface area contributed by atoms with Gasteiger partial charge in [-0.05, 0) is 37.2 Å². The summed E-state index contributed by atoms with van der Waals surface area (Å²) in [5.74, 6) is -2.44. The summed E-state index contributed by atoms with van der Waals surface area (Å²) in [5.41, 5.74) is 5.96. The molecule has 3 nitrogen and oxygen atoms in total. The van der Waals surface area contributed by atoms with Gasteiger partial charge in [0.05, 0.1) is 5.56 Å². The van der Waals surface area contributed by atoms with Crippen molar-refractivity contribution < 1.29 is 13.6 Å². The second-order valence-corrected chi connectivity index (χ2v) is 6.67. The molecule has 116 valence electrons. The zero-order valence-electron chi connectivity index (χ0n) is 12.7. The average molecular weight is 296 g/mol. The van der Waals surface area contributed by atoms with Crippen molar-refractivity contribution in [3.8, 4) is 0 Å². The van der Waals surface area contributed by atoms with Gasteiger partial charge in [0, 0.05) is 24.8 Å². The first-order chi connectivity index (χ1) is 9.71. The minimum absolute atomic E-state index is 0.0260. The normalized spacial score (nSPS) is 18.5. The maximum absolute atomic E-state index is 13.3. The van der Waals surface area contributed by atoms with Gasteiger partial charge in [-0.3, -0.25) is 4.79 Å². The van der Waals surface area contributed by atoms with Gasteiger partial charge < -0.3 is 10.6 Å². The van der Waals surface area contributed by atoms with Gasteiger partial charge in [-0.2, -0.15) is 0 Å². The van der Waals surface area contributed by atoms with E-state index >= 15 is 0 Å². The van der Waals surface area contributed by atoms with Crippen molar-refractivity contribution >= 4 is 11.6 Å². The van der Waals surface area contributed by atoms with Crippen LogP contribution in [-0.2, 0) is 0 Å². The molecule has 2 N–H and O–H groups in total. The molecule has 2 rings (SSSR count). The van der Waals surface area contributed by atoms with E-state index in [9.17, 15) is 13.6 Å². The SMILES string of the molecule is CN(C(=O)c1cc(F)c(F)cc1N)C1CCC(C)(C)CC1. The average Bonchev–Trinajstić information content (AvgIpc) is 2.41. The summed E-state index contributed by atoms with van der Waals surface area (Å²) in [4.78, 5) is 14.1. The summed E-state index contributed by atoms with van der Waals surface area (Å²) in [6.07, 6.45) is 3.92. The number of carbonyl (C=O) groups is 1. The van der Waals surface area contributed by atoms with Crippen LogP contribution in [0.3, 0.4) is 0 Å². The van der Waals surface area contributed by atoms with Gasteiger partial charge in [-0.15, -0.1) is 0 Å². The molecule has 1 saturated carbocycles. The molecule has 1 aromatic carbocycles. The fraction of sp³-hybridized carbons (Fsp3) is 0.562. The number of hydrogen-bond donors (Lipinski definition) is 1. The van der Waals surface area contributed by atoms with Crippen molar-refractivity contribution in [2.45, 2.75) is 45.6 Å². The number of benzene rings is 1. The zero-order valence-corrected chi connectivity index (χ0v) is 12.7. The Morgan fingerprint density at radius 1 is 1.24 bits per heavy atom. The summed E-state index contributed by atoms with van der Waals surface area (Å²) < 4.78 is 26.4. The Labute approximate surface area is 124 Å². The number of anilines is 1. The number of hydrogen-bond acceptors (Lipinski definition) is 2. The van der Waals surface area contributed by atoms with Crippen LogP contribution in [0, 0.1) is 17.0 Å². The standard InChI is InChI=1S/C16H22F2N2O/c1-16(2)6-4-10(5-7-16)20(3)15(21)11-8-12(17)13(18)9-14(11)19/h8-10H,4-7,19H2,1-3H3. The Kier molecular flexibility index (Phi) is 4.21. The summed E-state index contributed by atoms with van der Waals surface area (Å²) in [6.45, 7) is 4.44.